The lowest BCUT2D eigenvalue weighted by Crippen LogP contribution is -2.64. The molecule has 8 heteroatoms. The SMILES string of the molecule is CC(CC#N)N1C(=O)N(C(C)CC#N)C(=C2CC2)N(C(C)CC#N)C1=O. The summed E-state index contributed by atoms with van der Waals surface area (Å²) in [5.74, 6) is 0.519. The van der Waals surface area contributed by atoms with Gasteiger partial charge >= 0.3 is 12.1 Å². The average Bonchev–Trinajstić information content (AvgIpc) is 3.39. The van der Waals surface area contributed by atoms with Gasteiger partial charge in [0.1, 0.15) is 5.82 Å². The molecule has 3 unspecified atom stereocenters. The molecule has 1 saturated carbocycles. The molecule has 1 saturated heterocycles. The maximum Gasteiger partial charge on any atom is 0.334 e. The lowest BCUT2D eigenvalue weighted by Gasteiger charge is -2.48. The van der Waals surface area contributed by atoms with E-state index in [1.54, 1.807) is 20.8 Å². The van der Waals surface area contributed by atoms with E-state index in [4.69, 9.17) is 15.8 Å². The van der Waals surface area contributed by atoms with E-state index in [1.165, 1.54) is 9.80 Å². The fourth-order valence-corrected chi connectivity index (χ4v) is 3.08. The normalized spacial score (nSPS) is 20.2. The maximum absolute atomic E-state index is 13.1. The molecule has 26 heavy (non-hydrogen) atoms. The zero-order valence-electron chi connectivity index (χ0n) is 15.3. The van der Waals surface area contributed by atoms with E-state index in [1.807, 2.05) is 6.07 Å². The Hall–Kier alpha value is -3.05. The molecule has 0 aromatic heterocycles. The Morgan fingerprint density at radius 2 is 1.12 bits per heavy atom. The van der Waals surface area contributed by atoms with Gasteiger partial charge < -0.3 is 0 Å². The van der Waals surface area contributed by atoms with Crippen molar-refractivity contribution in [2.45, 2.75) is 71.0 Å². The third kappa shape index (κ3) is 3.48. The minimum absolute atomic E-state index is 0.0182. The third-order valence-electron chi connectivity index (χ3n) is 4.58. The molecule has 1 heterocycles. The Bertz CT molecular complexity index is 703. The first-order valence-corrected chi connectivity index (χ1v) is 8.67. The monoisotopic (exact) mass is 354 g/mol. The highest BCUT2D eigenvalue weighted by Crippen LogP contribution is 2.40. The molecule has 8 nitrogen and oxygen atoms in total. The number of rotatable bonds is 6. The van der Waals surface area contributed by atoms with E-state index in [-0.39, 0.29) is 19.3 Å². The molecule has 2 aliphatic rings. The molecule has 1 aliphatic heterocycles. The molecule has 0 spiro atoms. The number of urea groups is 2. The number of hydrogen-bond donors (Lipinski definition) is 0. The first-order valence-electron chi connectivity index (χ1n) is 8.67. The second-order valence-corrected chi connectivity index (χ2v) is 6.74. The fraction of sp³-hybridized carbons (Fsp3) is 0.611. The van der Waals surface area contributed by atoms with E-state index < -0.39 is 30.2 Å². The summed E-state index contributed by atoms with van der Waals surface area (Å²) in [6, 6.07) is 3.69. The Morgan fingerprint density at radius 1 is 0.769 bits per heavy atom. The molecule has 1 aliphatic carbocycles. The van der Waals surface area contributed by atoms with Crippen LogP contribution in [0.1, 0.15) is 52.9 Å². The molecule has 0 aromatic carbocycles. The highest BCUT2D eigenvalue weighted by atomic mass is 16.2. The minimum Gasteiger partial charge on any atom is -0.275 e. The summed E-state index contributed by atoms with van der Waals surface area (Å²) in [7, 11) is 0. The highest BCUT2D eigenvalue weighted by Gasteiger charge is 2.48. The predicted molar refractivity (Wildman–Crippen MR) is 91.6 cm³/mol. The second kappa shape index (κ2) is 7.89. The van der Waals surface area contributed by atoms with Gasteiger partial charge in [0, 0.05) is 0 Å². The Balaban J connectivity index is 2.55. The van der Waals surface area contributed by atoms with Gasteiger partial charge in [0.15, 0.2) is 0 Å². The highest BCUT2D eigenvalue weighted by molar-refractivity contribution is 5.99. The zero-order valence-corrected chi connectivity index (χ0v) is 15.3. The van der Waals surface area contributed by atoms with E-state index in [9.17, 15) is 9.59 Å². The van der Waals surface area contributed by atoms with Crippen LogP contribution < -0.4 is 0 Å². The van der Waals surface area contributed by atoms with Gasteiger partial charge in [-0.3, -0.25) is 9.80 Å². The van der Waals surface area contributed by atoms with Gasteiger partial charge in [0.05, 0.1) is 55.6 Å². The van der Waals surface area contributed by atoms with Crippen LogP contribution in [-0.4, -0.2) is 44.9 Å². The number of imide groups is 1. The van der Waals surface area contributed by atoms with Crippen LogP contribution >= 0.6 is 0 Å². The lowest BCUT2D eigenvalue weighted by atomic mass is 10.1. The zero-order chi connectivity index (χ0) is 19.4. The molecule has 2 rings (SSSR count). The van der Waals surface area contributed by atoms with Crippen molar-refractivity contribution in [2.75, 3.05) is 0 Å². The van der Waals surface area contributed by atoms with E-state index in [2.05, 4.69) is 12.1 Å². The van der Waals surface area contributed by atoms with Crippen molar-refractivity contribution in [3.05, 3.63) is 11.4 Å². The molecule has 0 N–H and O–H groups in total. The topological polar surface area (TPSA) is 115 Å². The first kappa shape index (κ1) is 19.3. The van der Waals surface area contributed by atoms with Gasteiger partial charge in [-0.2, -0.15) is 15.8 Å². The average molecular weight is 354 g/mol. The summed E-state index contributed by atoms with van der Waals surface area (Å²) in [5.41, 5.74) is 0.980. The summed E-state index contributed by atoms with van der Waals surface area (Å²) < 4.78 is 0. The van der Waals surface area contributed by atoms with Crippen LogP contribution in [-0.2, 0) is 0 Å². The number of carbonyl (C=O) groups is 2. The Morgan fingerprint density at radius 3 is 1.42 bits per heavy atom. The van der Waals surface area contributed by atoms with Gasteiger partial charge in [-0.1, -0.05) is 0 Å². The summed E-state index contributed by atoms with van der Waals surface area (Å²) in [6.07, 6.45) is 1.84. The van der Waals surface area contributed by atoms with Crippen molar-refractivity contribution in [2.24, 2.45) is 0 Å². The Kier molecular flexibility index (Phi) is 5.85. The third-order valence-corrected chi connectivity index (χ3v) is 4.58. The van der Waals surface area contributed by atoms with Crippen molar-refractivity contribution >= 4 is 12.1 Å². The fourth-order valence-electron chi connectivity index (χ4n) is 3.08. The molecular weight excluding hydrogens is 332 g/mol. The van der Waals surface area contributed by atoms with Crippen LogP contribution in [0.3, 0.4) is 0 Å². The lowest BCUT2D eigenvalue weighted by molar-refractivity contribution is 0.0754. The number of allylic oxidation sites excluding steroid dienone is 1. The summed E-state index contributed by atoms with van der Waals surface area (Å²) >= 11 is 0. The number of hydrogen-bond acceptors (Lipinski definition) is 5. The quantitative estimate of drug-likeness (QED) is 0.727. The molecular formula is C18H22N6O2. The molecule has 136 valence electrons. The molecule has 0 bridgehead atoms. The van der Waals surface area contributed by atoms with Crippen molar-refractivity contribution in [1.82, 2.24) is 14.7 Å². The standard InChI is InChI=1S/C18H22N6O2/c1-12(6-9-19)22-16(15-4-5-15)23(13(2)7-10-20)18(26)24(17(22)25)14(3)8-11-21/h12-14H,4-8H2,1-3H3. The smallest absolute Gasteiger partial charge is 0.275 e. The van der Waals surface area contributed by atoms with E-state index in [0.29, 0.717) is 5.82 Å². The number of nitriles is 3. The van der Waals surface area contributed by atoms with Crippen LogP contribution in [0.2, 0.25) is 0 Å². The van der Waals surface area contributed by atoms with Gasteiger partial charge in [-0.05, 0) is 39.2 Å². The molecule has 3 atom stereocenters. The number of amides is 4. The summed E-state index contributed by atoms with van der Waals surface area (Å²) in [6.45, 7) is 5.18. The molecule has 0 radical (unpaired) electrons. The molecule has 2 fully saturated rings. The predicted octanol–water partition coefficient (Wildman–Crippen LogP) is 3.06. The van der Waals surface area contributed by atoms with Crippen LogP contribution in [0.25, 0.3) is 0 Å². The maximum atomic E-state index is 13.1. The summed E-state index contributed by atoms with van der Waals surface area (Å²) in [4.78, 5) is 30.3. The van der Waals surface area contributed by atoms with Gasteiger partial charge in [-0.25, -0.2) is 14.5 Å². The number of carbonyl (C=O) groups excluding carboxylic acids is 2. The van der Waals surface area contributed by atoms with Crippen molar-refractivity contribution in [1.29, 1.82) is 15.8 Å². The second-order valence-electron chi connectivity index (χ2n) is 6.74. The van der Waals surface area contributed by atoms with Crippen LogP contribution in [0, 0.1) is 34.0 Å². The van der Waals surface area contributed by atoms with E-state index >= 15 is 0 Å². The first-order chi connectivity index (χ1) is 12.4. The van der Waals surface area contributed by atoms with Gasteiger partial charge in [0.25, 0.3) is 0 Å². The minimum atomic E-state index is -0.598. The molecule has 0 aromatic rings. The molecule has 4 amide bonds. The number of nitrogens with zero attached hydrogens (tertiary/aromatic N) is 6. The van der Waals surface area contributed by atoms with Crippen molar-refractivity contribution in [3.8, 4) is 18.2 Å². The van der Waals surface area contributed by atoms with Crippen LogP contribution in [0.4, 0.5) is 9.59 Å². The van der Waals surface area contributed by atoms with Crippen LogP contribution in [0.15, 0.2) is 11.4 Å². The summed E-state index contributed by atoms with van der Waals surface area (Å²) in [5, 5.41) is 27.1. The van der Waals surface area contributed by atoms with Crippen LogP contribution in [0.5, 0.6) is 0 Å². The van der Waals surface area contributed by atoms with Crippen molar-refractivity contribution in [3.63, 3.8) is 0 Å². The van der Waals surface area contributed by atoms with E-state index in [0.717, 1.165) is 23.3 Å². The van der Waals surface area contributed by atoms with Gasteiger partial charge in [-0.15, -0.1) is 0 Å². The van der Waals surface area contributed by atoms with Crippen molar-refractivity contribution < 1.29 is 9.59 Å². The Labute approximate surface area is 153 Å². The van der Waals surface area contributed by atoms with Gasteiger partial charge in [0.2, 0.25) is 0 Å². The largest absolute Gasteiger partial charge is 0.334 e.